The summed E-state index contributed by atoms with van der Waals surface area (Å²) >= 11 is 0. The molecule has 1 spiro atoms. The molecule has 2 aromatic carbocycles. The van der Waals surface area contributed by atoms with E-state index in [1.54, 1.807) is 18.2 Å². The van der Waals surface area contributed by atoms with E-state index in [-0.39, 0.29) is 51.0 Å². The van der Waals surface area contributed by atoms with Crippen LogP contribution in [0.3, 0.4) is 0 Å². The number of rotatable bonds is 16. The lowest BCUT2D eigenvalue weighted by Gasteiger charge is -2.58. The van der Waals surface area contributed by atoms with Gasteiger partial charge in [0.05, 0.1) is 49.9 Å². The zero-order valence-electron chi connectivity index (χ0n) is 43.7. The topological polar surface area (TPSA) is 168 Å². The number of carbonyl (C=O) groups excluding carboxylic acids is 1. The van der Waals surface area contributed by atoms with Gasteiger partial charge in [-0.15, -0.1) is 0 Å². The van der Waals surface area contributed by atoms with Crippen molar-refractivity contribution in [2.24, 2.45) is 11.3 Å². The van der Waals surface area contributed by atoms with Gasteiger partial charge in [-0.2, -0.15) is 0 Å². The number of aliphatic hydroxyl groups is 1. The van der Waals surface area contributed by atoms with Crippen LogP contribution in [0.1, 0.15) is 129 Å². The molecule has 1 amide bonds. The molecule has 10 rings (SSSR count). The average Bonchev–Trinajstić information content (AvgIpc) is 3.76. The Morgan fingerprint density at radius 2 is 1.78 bits per heavy atom. The summed E-state index contributed by atoms with van der Waals surface area (Å²) in [6.45, 7) is 16.4. The van der Waals surface area contributed by atoms with E-state index in [1.807, 2.05) is 19.9 Å². The van der Waals surface area contributed by atoms with Gasteiger partial charge in [0.15, 0.2) is 5.75 Å². The number of anilines is 2. The third-order valence-electron chi connectivity index (χ3n) is 16.8. The summed E-state index contributed by atoms with van der Waals surface area (Å²) in [6.07, 6.45) is 11.1. The molecule has 6 aliphatic rings. The Morgan fingerprint density at radius 3 is 2.51 bits per heavy atom. The third-order valence-corrected chi connectivity index (χ3v) is 18.1. The fraction of sp³-hybridized carbons (Fsp3) is 0.561. The van der Waals surface area contributed by atoms with Crippen LogP contribution in [0.15, 0.2) is 71.8 Å². The van der Waals surface area contributed by atoms with E-state index < -0.39 is 27.4 Å². The van der Waals surface area contributed by atoms with Gasteiger partial charge in [0.1, 0.15) is 22.3 Å². The number of nitrogens with one attached hydrogen (secondary N) is 2. The second-order valence-corrected chi connectivity index (χ2v) is 23.9. The van der Waals surface area contributed by atoms with Gasteiger partial charge in [0, 0.05) is 87.8 Å². The number of pyridine rings is 2. The number of ether oxygens (including phenoxy) is 4. The lowest BCUT2D eigenvalue weighted by Crippen LogP contribution is -2.60. The second kappa shape index (κ2) is 21.8. The molecule has 17 heteroatoms. The summed E-state index contributed by atoms with van der Waals surface area (Å²) in [5.74, 6) is 0.328. The molecule has 3 N–H and O–H groups in total. The van der Waals surface area contributed by atoms with E-state index in [1.165, 1.54) is 36.6 Å². The Labute approximate surface area is 436 Å². The number of amides is 1. The standard InChI is InChI=1S/C57H74FN7O8S/c1-6-39-27-43(33-60-53(39)59-32-38-15-17-56(4,67)18-16-38)74(68,69)62-54(66)46-12-11-40(28-51(46)73-52-29-47-48(58)13-14-49(47)61-55(52)70-5)64-21-19-57(20-22-64)30-41(31-57)65-24-23-63(34-42-36-71-25-26-72-42)35-50(65)45-10-8-7-9-44(45)37(2)3/h7-13,27-29,33,37-38,41-42,50,67H,6,14-26,30-32,34-36H2,1-5H3,(H,59,60)(H,62,66)/t38-,42-,50+,56-/m1/s1. The maximum Gasteiger partial charge on any atom is 0.268 e. The van der Waals surface area contributed by atoms with Crippen molar-refractivity contribution < 1.29 is 41.7 Å². The van der Waals surface area contributed by atoms with E-state index in [4.69, 9.17) is 18.9 Å². The summed E-state index contributed by atoms with van der Waals surface area (Å²) in [5, 5.41) is 13.8. The number of benzene rings is 2. The SMILES string of the molecule is CCc1cc(S(=O)(=O)NC(=O)c2ccc(N3CCC4(CC3)CC(N3CCN(C[C@@H]5COCCO5)C[C@H]3c3ccccc3C(C)C)C4)cc2Oc2cc3c(nc2OC)CC=C3F)cnc1NC[C@H]1CC[C@](C)(O)CC1. The first-order valence-corrected chi connectivity index (χ1v) is 28.4. The first kappa shape index (κ1) is 52.3. The summed E-state index contributed by atoms with van der Waals surface area (Å²) < 4.78 is 69.2. The highest BCUT2D eigenvalue weighted by atomic mass is 32.2. The minimum Gasteiger partial charge on any atom is -0.478 e. The van der Waals surface area contributed by atoms with Crippen LogP contribution in [0.4, 0.5) is 15.9 Å². The van der Waals surface area contributed by atoms with Gasteiger partial charge in [-0.05, 0) is 129 Å². The molecule has 15 nitrogen and oxygen atoms in total. The van der Waals surface area contributed by atoms with Crippen LogP contribution in [0.2, 0.25) is 0 Å². The van der Waals surface area contributed by atoms with Crippen LogP contribution in [-0.4, -0.2) is 130 Å². The monoisotopic (exact) mass is 1040 g/mol. The van der Waals surface area contributed by atoms with Crippen LogP contribution in [0.25, 0.3) is 5.83 Å². The zero-order valence-corrected chi connectivity index (χ0v) is 44.5. The van der Waals surface area contributed by atoms with Crippen molar-refractivity contribution in [1.29, 1.82) is 0 Å². The molecular formula is C57H74FN7O8S. The van der Waals surface area contributed by atoms with Crippen molar-refractivity contribution in [1.82, 2.24) is 24.5 Å². The Kier molecular flexibility index (Phi) is 15.4. The van der Waals surface area contributed by atoms with E-state index in [0.717, 1.165) is 96.3 Å². The van der Waals surface area contributed by atoms with Gasteiger partial charge in [-0.25, -0.2) is 27.5 Å². The molecule has 0 bridgehead atoms. The van der Waals surface area contributed by atoms with Crippen LogP contribution in [0, 0.1) is 11.3 Å². The maximum atomic E-state index is 15.0. The smallest absolute Gasteiger partial charge is 0.268 e. The van der Waals surface area contributed by atoms with Crippen molar-refractivity contribution in [2.45, 2.75) is 127 Å². The van der Waals surface area contributed by atoms with Crippen molar-refractivity contribution in [3.63, 3.8) is 0 Å². The summed E-state index contributed by atoms with van der Waals surface area (Å²) in [7, 11) is -2.96. The van der Waals surface area contributed by atoms with Crippen LogP contribution in [0.5, 0.6) is 17.4 Å². The molecule has 3 aliphatic carbocycles. The number of fused-ring (bicyclic) bond motifs is 1. The molecule has 2 saturated carbocycles. The number of allylic oxidation sites excluding steroid dienone is 1. The Balaban J connectivity index is 0.846. The third kappa shape index (κ3) is 11.3. The van der Waals surface area contributed by atoms with Gasteiger partial charge in [0.25, 0.3) is 21.8 Å². The average molecular weight is 1040 g/mol. The number of aromatic nitrogens is 2. The quantitative estimate of drug-likeness (QED) is 0.0974. The number of piperazine rings is 1. The Bertz CT molecular complexity index is 2810. The molecular weight excluding hydrogens is 962 g/mol. The first-order chi connectivity index (χ1) is 35.6. The van der Waals surface area contributed by atoms with Crippen molar-refractivity contribution >= 4 is 33.3 Å². The second-order valence-electron chi connectivity index (χ2n) is 22.2. The highest BCUT2D eigenvalue weighted by molar-refractivity contribution is 7.90. The van der Waals surface area contributed by atoms with Crippen molar-refractivity contribution in [3.05, 3.63) is 100 Å². The maximum absolute atomic E-state index is 15.0. The molecule has 5 fully saturated rings. The first-order valence-electron chi connectivity index (χ1n) is 26.9. The largest absolute Gasteiger partial charge is 0.478 e. The van der Waals surface area contributed by atoms with Gasteiger partial charge in [0.2, 0.25) is 0 Å². The van der Waals surface area contributed by atoms with E-state index in [2.05, 4.69) is 72.8 Å². The fourth-order valence-electron chi connectivity index (χ4n) is 12.4. The number of methoxy groups -OCH3 is 1. The fourth-order valence-corrected chi connectivity index (χ4v) is 13.3. The molecule has 3 saturated heterocycles. The van der Waals surface area contributed by atoms with Gasteiger partial charge in [-0.1, -0.05) is 45.0 Å². The van der Waals surface area contributed by atoms with Gasteiger partial charge in [-0.3, -0.25) is 14.6 Å². The van der Waals surface area contributed by atoms with Crippen molar-refractivity contribution in [3.8, 4) is 17.4 Å². The van der Waals surface area contributed by atoms with Crippen LogP contribution in [-0.2, 0) is 32.3 Å². The van der Waals surface area contributed by atoms with Gasteiger partial charge >= 0.3 is 0 Å². The molecule has 4 aromatic rings. The van der Waals surface area contributed by atoms with Crippen LogP contribution < -0.4 is 24.4 Å². The number of carbonyl (C=O) groups is 1. The lowest BCUT2D eigenvalue weighted by atomic mass is 9.59. The molecule has 2 atom stereocenters. The number of aryl methyl sites for hydroxylation is 1. The molecule has 0 unspecified atom stereocenters. The predicted octanol–water partition coefficient (Wildman–Crippen LogP) is 8.82. The molecule has 74 heavy (non-hydrogen) atoms. The Morgan fingerprint density at radius 1 is 1.00 bits per heavy atom. The molecule has 5 heterocycles. The summed E-state index contributed by atoms with van der Waals surface area (Å²) in [6, 6.07) is 18.0. The van der Waals surface area contributed by atoms with E-state index in [9.17, 15) is 22.7 Å². The number of nitrogens with zero attached hydrogens (tertiary/aromatic N) is 5. The normalized spacial score (nSPS) is 24.6. The molecule has 0 radical (unpaired) electrons. The highest BCUT2D eigenvalue weighted by Gasteiger charge is 2.50. The summed E-state index contributed by atoms with van der Waals surface area (Å²) in [5.41, 5.74) is 4.69. The molecule has 398 valence electrons. The van der Waals surface area contributed by atoms with Crippen LogP contribution >= 0.6 is 0 Å². The number of halogens is 1. The lowest BCUT2D eigenvalue weighted by molar-refractivity contribution is -0.109. The number of hydrogen-bond donors (Lipinski definition) is 3. The Hall–Kier alpha value is -5.17. The number of sulfonamides is 1. The molecule has 3 aliphatic heterocycles. The molecule has 2 aromatic heterocycles. The van der Waals surface area contributed by atoms with E-state index >= 15 is 0 Å². The van der Waals surface area contributed by atoms with Crippen molar-refractivity contribution in [2.75, 3.05) is 83.0 Å². The van der Waals surface area contributed by atoms with Gasteiger partial charge < -0.3 is 34.3 Å². The predicted molar refractivity (Wildman–Crippen MR) is 283 cm³/mol. The summed E-state index contributed by atoms with van der Waals surface area (Å²) in [4.78, 5) is 30.8. The minimum absolute atomic E-state index is 0.0343. The number of piperidine rings is 1. The minimum atomic E-state index is -4.40. The number of hydrogen-bond acceptors (Lipinski definition) is 14. The zero-order chi connectivity index (χ0) is 51.8. The van der Waals surface area contributed by atoms with E-state index in [0.29, 0.717) is 74.2 Å². The highest BCUT2D eigenvalue weighted by Crippen LogP contribution is 2.53.